The van der Waals surface area contributed by atoms with Gasteiger partial charge >= 0.3 is 0 Å². The number of carbonyl (C=O) groups excluding carboxylic acids is 2. The Kier molecular flexibility index (Phi) is 8.35. The normalized spacial score (nSPS) is 11.7. The van der Waals surface area contributed by atoms with Gasteiger partial charge in [0, 0.05) is 22.8 Å². The standard InChI is InChI=1S/C23H26ClN5O3S/c1-5-29-21(15(3)25-22(31)16-7-10-18(32-4)11-8-16)27-28-23(29)33-13-20(30)26-17-9-6-14(2)19(24)12-17/h6-12,15H,5,13H2,1-4H3,(H,25,31)(H,26,30). The highest BCUT2D eigenvalue weighted by Gasteiger charge is 2.20. The first-order valence-electron chi connectivity index (χ1n) is 10.4. The Hall–Kier alpha value is -3.04. The van der Waals surface area contributed by atoms with E-state index in [1.807, 2.05) is 37.5 Å². The van der Waals surface area contributed by atoms with Crippen LogP contribution in [0, 0.1) is 6.92 Å². The maximum atomic E-state index is 12.6. The highest BCUT2D eigenvalue weighted by molar-refractivity contribution is 7.99. The molecule has 33 heavy (non-hydrogen) atoms. The number of aryl methyl sites for hydroxylation is 1. The molecule has 0 saturated heterocycles. The Labute approximate surface area is 202 Å². The van der Waals surface area contributed by atoms with Crippen LogP contribution >= 0.6 is 23.4 Å². The molecule has 10 heteroatoms. The van der Waals surface area contributed by atoms with Crippen LogP contribution in [0.2, 0.25) is 5.02 Å². The molecule has 1 heterocycles. The predicted octanol–water partition coefficient (Wildman–Crippen LogP) is 4.49. The first-order valence-corrected chi connectivity index (χ1v) is 11.8. The summed E-state index contributed by atoms with van der Waals surface area (Å²) < 4.78 is 7.01. The number of carbonyl (C=O) groups is 2. The fraction of sp³-hybridized carbons (Fsp3) is 0.304. The Balaban J connectivity index is 1.61. The van der Waals surface area contributed by atoms with Crippen molar-refractivity contribution in [3.63, 3.8) is 0 Å². The Bertz CT molecular complexity index is 1130. The average molecular weight is 488 g/mol. The molecular weight excluding hydrogens is 462 g/mol. The topological polar surface area (TPSA) is 98.1 Å². The lowest BCUT2D eigenvalue weighted by atomic mass is 10.2. The molecule has 3 aromatic rings. The van der Waals surface area contributed by atoms with E-state index in [0.717, 1.165) is 5.56 Å². The molecule has 0 bridgehead atoms. The van der Waals surface area contributed by atoms with Crippen LogP contribution in [0.3, 0.4) is 0 Å². The number of aromatic nitrogens is 3. The van der Waals surface area contributed by atoms with E-state index in [1.54, 1.807) is 37.4 Å². The van der Waals surface area contributed by atoms with Gasteiger partial charge in [-0.05, 0) is 62.7 Å². The Morgan fingerprint density at radius 2 is 1.91 bits per heavy atom. The molecule has 0 aliphatic rings. The summed E-state index contributed by atoms with van der Waals surface area (Å²) in [6.07, 6.45) is 0. The number of benzene rings is 2. The van der Waals surface area contributed by atoms with Gasteiger partial charge in [-0.25, -0.2) is 0 Å². The fourth-order valence-electron chi connectivity index (χ4n) is 3.11. The highest BCUT2D eigenvalue weighted by Crippen LogP contribution is 2.23. The SMILES string of the molecule is CCn1c(SCC(=O)Nc2ccc(C)c(Cl)c2)nnc1C(C)NC(=O)c1ccc(OC)cc1. The summed E-state index contributed by atoms with van der Waals surface area (Å²) in [6, 6.07) is 11.9. The number of amides is 2. The predicted molar refractivity (Wildman–Crippen MR) is 130 cm³/mol. The number of rotatable bonds is 9. The Morgan fingerprint density at radius 3 is 2.55 bits per heavy atom. The van der Waals surface area contributed by atoms with Gasteiger partial charge in [-0.2, -0.15) is 0 Å². The van der Waals surface area contributed by atoms with Crippen LogP contribution in [-0.2, 0) is 11.3 Å². The molecule has 2 aromatic carbocycles. The highest BCUT2D eigenvalue weighted by atomic mass is 35.5. The molecule has 1 unspecified atom stereocenters. The van der Waals surface area contributed by atoms with Crippen molar-refractivity contribution in [1.82, 2.24) is 20.1 Å². The molecule has 0 fully saturated rings. The monoisotopic (exact) mass is 487 g/mol. The molecule has 0 saturated carbocycles. The second kappa shape index (κ2) is 11.2. The van der Waals surface area contributed by atoms with Gasteiger partial charge in [0.25, 0.3) is 5.91 Å². The van der Waals surface area contributed by atoms with Crippen molar-refractivity contribution in [2.45, 2.75) is 38.5 Å². The van der Waals surface area contributed by atoms with Crippen LogP contribution in [0.4, 0.5) is 5.69 Å². The molecule has 0 aliphatic carbocycles. The van der Waals surface area contributed by atoms with E-state index in [4.69, 9.17) is 16.3 Å². The zero-order valence-corrected chi connectivity index (χ0v) is 20.5. The molecule has 1 atom stereocenters. The van der Waals surface area contributed by atoms with Gasteiger partial charge in [-0.15, -0.1) is 10.2 Å². The molecule has 3 rings (SSSR count). The summed E-state index contributed by atoms with van der Waals surface area (Å²) >= 11 is 7.40. The van der Waals surface area contributed by atoms with Crippen LogP contribution in [0.15, 0.2) is 47.6 Å². The molecule has 8 nitrogen and oxygen atoms in total. The molecular formula is C23H26ClN5O3S. The molecule has 2 N–H and O–H groups in total. The smallest absolute Gasteiger partial charge is 0.251 e. The summed E-state index contributed by atoms with van der Waals surface area (Å²) in [6.45, 7) is 6.31. The van der Waals surface area contributed by atoms with Gasteiger partial charge in [0.15, 0.2) is 11.0 Å². The molecule has 1 aromatic heterocycles. The number of methoxy groups -OCH3 is 1. The van der Waals surface area contributed by atoms with Crippen LogP contribution in [0.25, 0.3) is 0 Å². The van der Waals surface area contributed by atoms with Crippen molar-refractivity contribution < 1.29 is 14.3 Å². The fourth-order valence-corrected chi connectivity index (χ4v) is 4.10. The van der Waals surface area contributed by atoms with E-state index >= 15 is 0 Å². The summed E-state index contributed by atoms with van der Waals surface area (Å²) in [5.41, 5.74) is 2.11. The quantitative estimate of drug-likeness (QED) is 0.431. The van der Waals surface area contributed by atoms with Crippen molar-refractivity contribution in [3.8, 4) is 5.75 Å². The lowest BCUT2D eigenvalue weighted by Crippen LogP contribution is -2.28. The molecule has 2 amide bonds. The van der Waals surface area contributed by atoms with E-state index in [0.29, 0.717) is 39.5 Å². The second-order valence-electron chi connectivity index (χ2n) is 7.31. The Morgan fingerprint density at radius 1 is 1.18 bits per heavy atom. The van der Waals surface area contributed by atoms with Crippen molar-refractivity contribution >= 4 is 40.9 Å². The third kappa shape index (κ3) is 6.27. The summed E-state index contributed by atoms with van der Waals surface area (Å²) in [5.74, 6) is 1.07. The minimum atomic E-state index is -0.370. The number of hydrogen-bond acceptors (Lipinski definition) is 6. The van der Waals surface area contributed by atoms with E-state index in [-0.39, 0.29) is 23.6 Å². The zero-order valence-electron chi connectivity index (χ0n) is 18.9. The second-order valence-corrected chi connectivity index (χ2v) is 8.66. The summed E-state index contributed by atoms with van der Waals surface area (Å²) in [5, 5.41) is 15.5. The molecule has 0 aliphatic heterocycles. The van der Waals surface area contributed by atoms with Crippen LogP contribution < -0.4 is 15.4 Å². The maximum absolute atomic E-state index is 12.6. The number of halogens is 1. The number of hydrogen-bond donors (Lipinski definition) is 2. The van der Waals surface area contributed by atoms with Gasteiger partial charge in [0.1, 0.15) is 5.75 Å². The van der Waals surface area contributed by atoms with Crippen molar-refractivity contribution in [3.05, 3.63) is 64.4 Å². The minimum Gasteiger partial charge on any atom is -0.497 e. The van der Waals surface area contributed by atoms with Crippen LogP contribution in [-0.4, -0.2) is 39.4 Å². The minimum absolute atomic E-state index is 0.163. The first kappa shape index (κ1) is 24.6. The van der Waals surface area contributed by atoms with Gasteiger partial charge < -0.3 is 19.9 Å². The number of thioether (sulfide) groups is 1. The zero-order chi connectivity index (χ0) is 24.0. The molecule has 0 spiro atoms. The third-order valence-electron chi connectivity index (χ3n) is 4.94. The maximum Gasteiger partial charge on any atom is 0.251 e. The number of nitrogens with one attached hydrogen (secondary N) is 2. The number of nitrogens with zero attached hydrogens (tertiary/aromatic N) is 3. The number of ether oxygens (including phenoxy) is 1. The molecule has 0 radical (unpaired) electrons. The van der Waals surface area contributed by atoms with E-state index < -0.39 is 0 Å². The first-order chi connectivity index (χ1) is 15.8. The summed E-state index contributed by atoms with van der Waals surface area (Å²) in [7, 11) is 1.58. The van der Waals surface area contributed by atoms with Gasteiger partial charge in [0.2, 0.25) is 5.91 Å². The molecule has 174 valence electrons. The van der Waals surface area contributed by atoms with Crippen LogP contribution in [0.1, 0.15) is 41.6 Å². The van der Waals surface area contributed by atoms with E-state index in [9.17, 15) is 9.59 Å². The lowest BCUT2D eigenvalue weighted by Gasteiger charge is -2.15. The largest absolute Gasteiger partial charge is 0.497 e. The van der Waals surface area contributed by atoms with Crippen LogP contribution in [0.5, 0.6) is 5.75 Å². The van der Waals surface area contributed by atoms with Gasteiger partial charge in [-0.3, -0.25) is 9.59 Å². The van der Waals surface area contributed by atoms with Gasteiger partial charge in [0.05, 0.1) is 18.9 Å². The van der Waals surface area contributed by atoms with Crippen molar-refractivity contribution in [2.75, 3.05) is 18.2 Å². The number of anilines is 1. The van der Waals surface area contributed by atoms with Crippen molar-refractivity contribution in [2.24, 2.45) is 0 Å². The third-order valence-corrected chi connectivity index (χ3v) is 6.31. The van der Waals surface area contributed by atoms with E-state index in [1.165, 1.54) is 11.8 Å². The van der Waals surface area contributed by atoms with Gasteiger partial charge in [-0.1, -0.05) is 29.4 Å². The van der Waals surface area contributed by atoms with Crippen molar-refractivity contribution in [1.29, 1.82) is 0 Å². The average Bonchev–Trinajstić information content (AvgIpc) is 3.23. The lowest BCUT2D eigenvalue weighted by molar-refractivity contribution is -0.113. The summed E-state index contributed by atoms with van der Waals surface area (Å²) in [4.78, 5) is 25.0. The van der Waals surface area contributed by atoms with E-state index in [2.05, 4.69) is 20.8 Å².